The van der Waals surface area contributed by atoms with E-state index in [4.69, 9.17) is 0 Å². The maximum Gasteiger partial charge on any atom is 0.329 e. The third-order valence-corrected chi connectivity index (χ3v) is 6.45. The summed E-state index contributed by atoms with van der Waals surface area (Å²) < 4.78 is 11.6. The molecule has 2 aromatic rings. The largest absolute Gasteiger partial charge is 0.507 e. The summed E-state index contributed by atoms with van der Waals surface area (Å²) in [5, 5.41) is 19.3. The van der Waals surface area contributed by atoms with Crippen molar-refractivity contribution in [1.82, 2.24) is 0 Å². The number of aromatic hydroxyl groups is 1. The van der Waals surface area contributed by atoms with Crippen molar-refractivity contribution < 1.29 is 19.6 Å². The predicted molar refractivity (Wildman–Crippen MR) is 102 cm³/mol. The molecule has 0 saturated carbocycles. The van der Waals surface area contributed by atoms with Crippen molar-refractivity contribution in [3.63, 3.8) is 0 Å². The molecule has 3 atom stereocenters. The van der Waals surface area contributed by atoms with Gasteiger partial charge in [-0.2, -0.15) is 0 Å². The molecule has 0 aliphatic rings. The molecule has 0 radical (unpaired) electrons. The van der Waals surface area contributed by atoms with E-state index in [0.717, 1.165) is 12.8 Å². The Morgan fingerprint density at radius 2 is 1.76 bits per heavy atom. The summed E-state index contributed by atoms with van der Waals surface area (Å²) in [7, 11) is -0.685. The van der Waals surface area contributed by atoms with Gasteiger partial charge in [0.25, 0.3) is 0 Å². The molecule has 2 N–H and O–H groups in total. The van der Waals surface area contributed by atoms with Gasteiger partial charge in [-0.05, 0) is 37.0 Å². The molecule has 0 fully saturated rings. The number of hydrogen-bond donors (Lipinski definition) is 2. The minimum Gasteiger partial charge on any atom is -0.507 e. The fourth-order valence-corrected chi connectivity index (χ4v) is 4.64. The second kappa shape index (κ2) is 10.2. The fraction of sp³-hybridized carbons (Fsp3) is 0.316. The van der Waals surface area contributed by atoms with E-state index < -0.39 is 26.0 Å². The van der Waals surface area contributed by atoms with Crippen LogP contribution >= 0.6 is 20.2 Å². The molecule has 0 aliphatic heterocycles. The van der Waals surface area contributed by atoms with E-state index >= 15 is 0 Å². The summed E-state index contributed by atoms with van der Waals surface area (Å²) in [5.41, 5.74) is 0.745. The van der Waals surface area contributed by atoms with Crippen LogP contribution in [-0.2, 0) is 15.8 Å². The van der Waals surface area contributed by atoms with Crippen LogP contribution in [0.15, 0.2) is 59.5 Å². The van der Waals surface area contributed by atoms with Crippen LogP contribution in [0.4, 0.5) is 0 Å². The number of aliphatic carboxylic acids is 1. The SMILES string of the molecule is O=[PH+]C(CSc1ccccc1O)C(CCCc1ccccc1)C(=O)O. The summed E-state index contributed by atoms with van der Waals surface area (Å²) in [4.78, 5) is 12.3. The van der Waals surface area contributed by atoms with Crippen molar-refractivity contribution in [2.24, 2.45) is 5.92 Å². The zero-order chi connectivity index (χ0) is 18.1. The van der Waals surface area contributed by atoms with Crippen LogP contribution in [-0.4, -0.2) is 27.6 Å². The van der Waals surface area contributed by atoms with Crippen molar-refractivity contribution >= 4 is 26.2 Å². The molecule has 0 heterocycles. The van der Waals surface area contributed by atoms with Crippen LogP contribution in [0.25, 0.3) is 0 Å². The van der Waals surface area contributed by atoms with Gasteiger partial charge in [-0.3, -0.25) is 4.79 Å². The molecule has 0 bridgehead atoms. The third kappa shape index (κ3) is 6.18. The van der Waals surface area contributed by atoms with E-state index in [-0.39, 0.29) is 5.75 Å². The standard InChI is InChI=1S/C19H21O4PS/c20-16-11-4-5-12-18(16)25-13-17(24-23)15(19(21)22)10-6-9-14-7-2-1-3-8-14/h1-5,7-8,11-12,15,17,20H,6,9-10,13H2,(H,21,22)/p+1. The minimum absolute atomic E-state index is 0.163. The molecule has 25 heavy (non-hydrogen) atoms. The van der Waals surface area contributed by atoms with Crippen LogP contribution in [0.5, 0.6) is 5.75 Å². The number of phenols is 1. The van der Waals surface area contributed by atoms with Gasteiger partial charge < -0.3 is 10.2 Å². The molecule has 4 nitrogen and oxygen atoms in total. The van der Waals surface area contributed by atoms with Gasteiger partial charge in [0.15, 0.2) is 5.66 Å². The van der Waals surface area contributed by atoms with Gasteiger partial charge in [-0.1, -0.05) is 47.0 Å². The molecule has 3 unspecified atom stereocenters. The van der Waals surface area contributed by atoms with E-state index in [1.807, 2.05) is 36.4 Å². The molecule has 6 heteroatoms. The highest BCUT2D eigenvalue weighted by atomic mass is 32.2. The fourth-order valence-electron chi connectivity index (χ4n) is 2.66. The van der Waals surface area contributed by atoms with Gasteiger partial charge in [0.2, 0.25) is 0 Å². The number of carbonyl (C=O) groups is 1. The molecule has 2 aromatic carbocycles. The Balaban J connectivity index is 1.92. The monoisotopic (exact) mass is 377 g/mol. The summed E-state index contributed by atoms with van der Waals surface area (Å²) in [6.07, 6.45) is 2.04. The highest BCUT2D eigenvalue weighted by Crippen LogP contribution is 2.33. The molecule has 0 aromatic heterocycles. The number of thioether (sulfide) groups is 1. The Bertz CT molecular complexity index is 693. The van der Waals surface area contributed by atoms with E-state index in [1.165, 1.54) is 17.3 Å². The quantitative estimate of drug-likeness (QED) is 0.467. The maximum absolute atomic E-state index is 11.6. The summed E-state index contributed by atoms with van der Waals surface area (Å²) >= 11 is 1.35. The van der Waals surface area contributed by atoms with Crippen LogP contribution in [0.2, 0.25) is 0 Å². The van der Waals surface area contributed by atoms with Crippen LogP contribution < -0.4 is 0 Å². The lowest BCUT2D eigenvalue weighted by Gasteiger charge is -2.14. The summed E-state index contributed by atoms with van der Waals surface area (Å²) in [6, 6.07) is 16.8. The zero-order valence-corrected chi connectivity index (χ0v) is 15.6. The third-order valence-electron chi connectivity index (χ3n) is 4.06. The molecule has 132 valence electrons. The number of phenolic OH excluding ortho intramolecular Hbond substituents is 1. The van der Waals surface area contributed by atoms with Gasteiger partial charge in [-0.15, -0.1) is 11.8 Å². The Morgan fingerprint density at radius 1 is 1.08 bits per heavy atom. The first-order chi connectivity index (χ1) is 12.1. The van der Waals surface area contributed by atoms with Gasteiger partial charge in [0.05, 0.1) is 0 Å². The number of carboxylic acids is 1. The van der Waals surface area contributed by atoms with Gasteiger partial charge in [0.1, 0.15) is 11.7 Å². The van der Waals surface area contributed by atoms with Crippen molar-refractivity contribution in [1.29, 1.82) is 0 Å². The van der Waals surface area contributed by atoms with Crippen molar-refractivity contribution in [3.8, 4) is 5.75 Å². The number of benzene rings is 2. The molecule has 0 aliphatic carbocycles. The Morgan fingerprint density at radius 3 is 2.40 bits per heavy atom. The van der Waals surface area contributed by atoms with Gasteiger partial charge in [-0.25, -0.2) is 0 Å². The maximum atomic E-state index is 11.6. The van der Waals surface area contributed by atoms with Crippen LogP contribution in [0, 0.1) is 5.92 Å². The Hall–Kier alpha value is -1.84. The molecular formula is C19H22O4PS+. The second-order valence-electron chi connectivity index (χ2n) is 5.83. The molecule has 0 spiro atoms. The lowest BCUT2D eigenvalue weighted by atomic mass is 9.97. The lowest BCUT2D eigenvalue weighted by molar-refractivity contribution is -0.141. The number of rotatable bonds is 10. The molecular weight excluding hydrogens is 355 g/mol. The van der Waals surface area contributed by atoms with Crippen LogP contribution in [0.3, 0.4) is 0 Å². The van der Waals surface area contributed by atoms with E-state index in [0.29, 0.717) is 17.1 Å². The zero-order valence-electron chi connectivity index (χ0n) is 13.8. The summed E-state index contributed by atoms with van der Waals surface area (Å²) in [6.45, 7) is 0. The molecule has 2 rings (SSSR count). The van der Waals surface area contributed by atoms with Crippen molar-refractivity contribution in [3.05, 3.63) is 60.2 Å². The van der Waals surface area contributed by atoms with Gasteiger partial charge >= 0.3 is 14.4 Å². The smallest absolute Gasteiger partial charge is 0.329 e. The van der Waals surface area contributed by atoms with Gasteiger partial charge in [0, 0.05) is 10.6 Å². The normalized spacial score (nSPS) is 13.4. The van der Waals surface area contributed by atoms with E-state index in [1.54, 1.807) is 18.2 Å². The predicted octanol–water partition coefficient (Wildman–Crippen LogP) is 4.60. The average Bonchev–Trinajstić information content (AvgIpc) is 2.62. The minimum atomic E-state index is -0.903. The summed E-state index contributed by atoms with van der Waals surface area (Å²) in [5.74, 6) is -0.976. The first-order valence-electron chi connectivity index (χ1n) is 8.17. The Labute approximate surface area is 153 Å². The lowest BCUT2D eigenvalue weighted by Crippen LogP contribution is -2.26. The first kappa shape index (κ1) is 19.5. The number of aryl methyl sites for hydroxylation is 1. The average molecular weight is 377 g/mol. The van der Waals surface area contributed by atoms with E-state index in [9.17, 15) is 19.6 Å². The van der Waals surface area contributed by atoms with Crippen molar-refractivity contribution in [2.45, 2.75) is 29.8 Å². The molecule has 0 saturated heterocycles. The highest BCUT2D eigenvalue weighted by Gasteiger charge is 2.34. The first-order valence-corrected chi connectivity index (χ1v) is 10.1. The number of para-hydroxylation sites is 1. The topological polar surface area (TPSA) is 74.6 Å². The highest BCUT2D eigenvalue weighted by molar-refractivity contribution is 7.99. The number of hydrogen-bond acceptors (Lipinski definition) is 4. The van der Waals surface area contributed by atoms with Crippen molar-refractivity contribution in [2.75, 3.05) is 5.75 Å². The van der Waals surface area contributed by atoms with Crippen LogP contribution in [0.1, 0.15) is 18.4 Å². The molecule has 0 amide bonds. The number of carboxylic acid groups (broad SMARTS) is 1. The second-order valence-corrected chi connectivity index (χ2v) is 7.86. The van der Waals surface area contributed by atoms with E-state index in [2.05, 4.69) is 0 Å². The Kier molecular flexibility index (Phi) is 7.96.